The number of likely N-dealkylation sites (tertiary alicyclic amines) is 1. The number of hydrogen-bond acceptors (Lipinski definition) is 3. The monoisotopic (exact) mass is 253 g/mol. The average Bonchev–Trinajstić information content (AvgIpc) is 2.38. The Hall–Kier alpha value is -0.970. The standard InChI is InChI=1S/C14H20FNO2/c15-13-4-2-1-3-12(13)14(18)7-10-16-8-5-11(17)6-9-16/h1-4,11,14,17-18H,5-10H2. The van der Waals surface area contributed by atoms with Crippen molar-refractivity contribution in [1.82, 2.24) is 4.90 Å². The summed E-state index contributed by atoms with van der Waals surface area (Å²) < 4.78 is 13.5. The van der Waals surface area contributed by atoms with E-state index in [0.717, 1.165) is 32.5 Å². The average molecular weight is 253 g/mol. The van der Waals surface area contributed by atoms with E-state index < -0.39 is 6.10 Å². The molecule has 0 radical (unpaired) electrons. The summed E-state index contributed by atoms with van der Waals surface area (Å²) in [5.74, 6) is -0.348. The van der Waals surface area contributed by atoms with Crippen molar-refractivity contribution < 1.29 is 14.6 Å². The number of piperidine rings is 1. The third-order valence-corrected chi connectivity index (χ3v) is 3.54. The summed E-state index contributed by atoms with van der Waals surface area (Å²) in [6, 6.07) is 6.35. The highest BCUT2D eigenvalue weighted by Gasteiger charge is 2.18. The van der Waals surface area contributed by atoms with Crippen LogP contribution in [-0.2, 0) is 0 Å². The normalized spacial score (nSPS) is 19.9. The number of halogens is 1. The molecule has 1 aliphatic rings. The molecule has 1 aliphatic heterocycles. The summed E-state index contributed by atoms with van der Waals surface area (Å²) in [7, 11) is 0. The molecule has 100 valence electrons. The van der Waals surface area contributed by atoms with E-state index in [1.807, 2.05) is 0 Å². The van der Waals surface area contributed by atoms with Crippen LogP contribution in [-0.4, -0.2) is 40.9 Å². The van der Waals surface area contributed by atoms with Crippen LogP contribution < -0.4 is 0 Å². The van der Waals surface area contributed by atoms with Crippen LogP contribution in [0.3, 0.4) is 0 Å². The minimum absolute atomic E-state index is 0.183. The Labute approximate surface area is 107 Å². The lowest BCUT2D eigenvalue weighted by atomic mass is 10.0. The fraction of sp³-hybridized carbons (Fsp3) is 0.571. The smallest absolute Gasteiger partial charge is 0.128 e. The molecule has 2 rings (SSSR count). The molecule has 0 saturated carbocycles. The summed E-state index contributed by atoms with van der Waals surface area (Å²) in [5.41, 5.74) is 0.370. The molecule has 2 N–H and O–H groups in total. The molecule has 0 bridgehead atoms. The quantitative estimate of drug-likeness (QED) is 0.858. The molecule has 1 fully saturated rings. The van der Waals surface area contributed by atoms with Crippen molar-refractivity contribution in [1.29, 1.82) is 0 Å². The van der Waals surface area contributed by atoms with Gasteiger partial charge in [0.05, 0.1) is 12.2 Å². The van der Waals surface area contributed by atoms with E-state index in [-0.39, 0.29) is 11.9 Å². The maximum Gasteiger partial charge on any atom is 0.128 e. The number of rotatable bonds is 4. The van der Waals surface area contributed by atoms with Crippen molar-refractivity contribution in [2.24, 2.45) is 0 Å². The summed E-state index contributed by atoms with van der Waals surface area (Å²) in [6.45, 7) is 2.44. The number of benzene rings is 1. The van der Waals surface area contributed by atoms with Gasteiger partial charge in [0.1, 0.15) is 5.82 Å². The molecule has 0 aliphatic carbocycles. The number of aliphatic hydroxyl groups excluding tert-OH is 2. The van der Waals surface area contributed by atoms with Gasteiger partial charge in [-0.05, 0) is 25.3 Å². The van der Waals surface area contributed by atoms with Gasteiger partial charge in [-0.15, -0.1) is 0 Å². The van der Waals surface area contributed by atoms with E-state index in [4.69, 9.17) is 0 Å². The highest BCUT2D eigenvalue weighted by molar-refractivity contribution is 5.19. The van der Waals surface area contributed by atoms with E-state index in [1.165, 1.54) is 6.07 Å². The zero-order valence-corrected chi connectivity index (χ0v) is 10.4. The maximum atomic E-state index is 13.5. The highest BCUT2D eigenvalue weighted by atomic mass is 19.1. The van der Waals surface area contributed by atoms with E-state index in [1.54, 1.807) is 18.2 Å². The van der Waals surface area contributed by atoms with Crippen LogP contribution in [0.25, 0.3) is 0 Å². The highest BCUT2D eigenvalue weighted by Crippen LogP contribution is 2.21. The van der Waals surface area contributed by atoms with Gasteiger partial charge in [0.2, 0.25) is 0 Å². The van der Waals surface area contributed by atoms with E-state index in [0.29, 0.717) is 12.0 Å². The predicted octanol–water partition coefficient (Wildman–Crippen LogP) is 1.71. The lowest BCUT2D eigenvalue weighted by molar-refractivity contribution is 0.0707. The Morgan fingerprint density at radius 1 is 1.28 bits per heavy atom. The summed E-state index contributed by atoms with van der Waals surface area (Å²) in [6.07, 6.45) is 1.17. The molecule has 0 amide bonds. The van der Waals surface area contributed by atoms with Crippen LogP contribution in [0.1, 0.15) is 30.9 Å². The third kappa shape index (κ3) is 3.51. The van der Waals surface area contributed by atoms with E-state index in [9.17, 15) is 14.6 Å². The van der Waals surface area contributed by atoms with Crippen LogP contribution in [0.15, 0.2) is 24.3 Å². The van der Waals surface area contributed by atoms with Gasteiger partial charge in [0.15, 0.2) is 0 Å². The fourth-order valence-electron chi connectivity index (χ4n) is 2.35. The van der Waals surface area contributed by atoms with Gasteiger partial charge in [-0.3, -0.25) is 0 Å². The van der Waals surface area contributed by atoms with Crippen molar-refractivity contribution in [3.63, 3.8) is 0 Å². The van der Waals surface area contributed by atoms with Gasteiger partial charge >= 0.3 is 0 Å². The van der Waals surface area contributed by atoms with E-state index >= 15 is 0 Å². The first-order valence-corrected chi connectivity index (χ1v) is 6.49. The summed E-state index contributed by atoms with van der Waals surface area (Å²) in [4.78, 5) is 2.21. The molecule has 4 heteroatoms. The Kier molecular flexibility index (Phi) is 4.69. The van der Waals surface area contributed by atoms with Gasteiger partial charge in [0, 0.05) is 25.2 Å². The summed E-state index contributed by atoms with van der Waals surface area (Å²) in [5, 5.41) is 19.4. The topological polar surface area (TPSA) is 43.7 Å². The maximum absolute atomic E-state index is 13.5. The zero-order valence-electron chi connectivity index (χ0n) is 10.4. The number of aliphatic hydroxyl groups is 2. The van der Waals surface area contributed by atoms with Crippen LogP contribution >= 0.6 is 0 Å². The first-order chi connectivity index (χ1) is 8.66. The Morgan fingerprint density at radius 2 is 1.94 bits per heavy atom. The minimum Gasteiger partial charge on any atom is -0.393 e. The first-order valence-electron chi connectivity index (χ1n) is 6.49. The van der Waals surface area contributed by atoms with Gasteiger partial charge in [-0.2, -0.15) is 0 Å². The van der Waals surface area contributed by atoms with Gasteiger partial charge in [-0.1, -0.05) is 18.2 Å². The van der Waals surface area contributed by atoms with Gasteiger partial charge in [0.25, 0.3) is 0 Å². The second-order valence-electron chi connectivity index (χ2n) is 4.90. The Balaban J connectivity index is 1.81. The molecular weight excluding hydrogens is 233 g/mol. The molecule has 18 heavy (non-hydrogen) atoms. The second-order valence-corrected chi connectivity index (χ2v) is 4.90. The zero-order chi connectivity index (χ0) is 13.0. The van der Waals surface area contributed by atoms with Gasteiger partial charge < -0.3 is 15.1 Å². The SMILES string of the molecule is OC1CCN(CCC(O)c2ccccc2F)CC1. The van der Waals surface area contributed by atoms with Crippen molar-refractivity contribution in [2.45, 2.75) is 31.5 Å². The van der Waals surface area contributed by atoms with Crippen molar-refractivity contribution in [3.8, 4) is 0 Å². The molecule has 1 unspecified atom stereocenters. The minimum atomic E-state index is -0.752. The number of hydrogen-bond donors (Lipinski definition) is 2. The summed E-state index contributed by atoms with van der Waals surface area (Å²) >= 11 is 0. The van der Waals surface area contributed by atoms with Gasteiger partial charge in [-0.25, -0.2) is 4.39 Å². The fourth-order valence-corrected chi connectivity index (χ4v) is 2.35. The first kappa shape index (κ1) is 13.5. The van der Waals surface area contributed by atoms with Crippen molar-refractivity contribution >= 4 is 0 Å². The van der Waals surface area contributed by atoms with Crippen LogP contribution in [0.5, 0.6) is 0 Å². The molecule has 0 spiro atoms. The molecule has 1 aromatic rings. The lowest BCUT2D eigenvalue weighted by Gasteiger charge is -2.30. The molecule has 1 saturated heterocycles. The van der Waals surface area contributed by atoms with Crippen molar-refractivity contribution in [2.75, 3.05) is 19.6 Å². The van der Waals surface area contributed by atoms with Crippen LogP contribution in [0.4, 0.5) is 4.39 Å². The third-order valence-electron chi connectivity index (χ3n) is 3.54. The largest absolute Gasteiger partial charge is 0.393 e. The predicted molar refractivity (Wildman–Crippen MR) is 67.7 cm³/mol. The lowest BCUT2D eigenvalue weighted by Crippen LogP contribution is -2.36. The Bertz CT molecular complexity index is 378. The van der Waals surface area contributed by atoms with E-state index in [2.05, 4.69) is 4.90 Å². The Morgan fingerprint density at radius 3 is 2.61 bits per heavy atom. The molecule has 3 nitrogen and oxygen atoms in total. The van der Waals surface area contributed by atoms with Crippen molar-refractivity contribution in [3.05, 3.63) is 35.6 Å². The van der Waals surface area contributed by atoms with Crippen LogP contribution in [0, 0.1) is 5.82 Å². The molecule has 0 aromatic heterocycles. The second kappa shape index (κ2) is 6.27. The molecule has 1 aromatic carbocycles. The number of nitrogens with zero attached hydrogens (tertiary/aromatic N) is 1. The van der Waals surface area contributed by atoms with Crippen LogP contribution in [0.2, 0.25) is 0 Å². The molecular formula is C14H20FNO2. The molecule has 1 atom stereocenters. The molecule has 1 heterocycles.